The number of hydrogen-bond donors (Lipinski definition) is 1. The topological polar surface area (TPSA) is 41.6 Å². The van der Waals surface area contributed by atoms with Crippen LogP contribution in [0.2, 0.25) is 5.02 Å². The molecule has 1 aliphatic carbocycles. The summed E-state index contributed by atoms with van der Waals surface area (Å²) in [5.74, 6) is 0.717. The molecule has 0 aromatic heterocycles. The predicted molar refractivity (Wildman–Crippen MR) is 74.9 cm³/mol. The molecule has 1 fully saturated rings. The first-order chi connectivity index (χ1) is 8.58. The summed E-state index contributed by atoms with van der Waals surface area (Å²) in [5, 5.41) is 0.783. The highest BCUT2D eigenvalue weighted by Crippen LogP contribution is 2.37. The number of aliphatic imine (C=N–C) groups is 1. The minimum atomic E-state index is 0.0269. The first-order valence-electron chi connectivity index (χ1n) is 6.42. The van der Waals surface area contributed by atoms with Gasteiger partial charge in [-0.3, -0.25) is 4.99 Å². The molecule has 96 valence electrons. The SMILES string of the molecule is CC1(Cc2ccc(Cl)cc2)CN=C(N)N1C1CC1. The first-order valence-corrected chi connectivity index (χ1v) is 6.80. The van der Waals surface area contributed by atoms with Crippen LogP contribution in [0.5, 0.6) is 0 Å². The molecule has 0 spiro atoms. The van der Waals surface area contributed by atoms with Crippen LogP contribution in [-0.2, 0) is 6.42 Å². The highest BCUT2D eigenvalue weighted by atomic mass is 35.5. The van der Waals surface area contributed by atoms with Gasteiger partial charge in [0.1, 0.15) is 0 Å². The van der Waals surface area contributed by atoms with Crippen molar-refractivity contribution in [3.8, 4) is 0 Å². The monoisotopic (exact) mass is 263 g/mol. The fourth-order valence-electron chi connectivity index (χ4n) is 2.82. The van der Waals surface area contributed by atoms with E-state index in [1.54, 1.807) is 0 Å². The number of rotatable bonds is 3. The summed E-state index contributed by atoms with van der Waals surface area (Å²) in [6.45, 7) is 3.04. The van der Waals surface area contributed by atoms with Crippen molar-refractivity contribution < 1.29 is 0 Å². The van der Waals surface area contributed by atoms with E-state index in [4.69, 9.17) is 17.3 Å². The second kappa shape index (κ2) is 4.16. The highest BCUT2D eigenvalue weighted by molar-refractivity contribution is 6.30. The lowest BCUT2D eigenvalue weighted by atomic mass is 9.92. The first kappa shape index (κ1) is 11.8. The van der Waals surface area contributed by atoms with E-state index in [1.165, 1.54) is 18.4 Å². The van der Waals surface area contributed by atoms with Crippen LogP contribution < -0.4 is 5.73 Å². The maximum absolute atomic E-state index is 6.03. The average Bonchev–Trinajstić information content (AvgIpc) is 3.10. The van der Waals surface area contributed by atoms with Crippen LogP contribution in [-0.4, -0.2) is 29.0 Å². The Morgan fingerprint density at radius 2 is 2.06 bits per heavy atom. The number of nitrogens with two attached hydrogens (primary N) is 1. The molecule has 0 saturated heterocycles. The van der Waals surface area contributed by atoms with Crippen LogP contribution >= 0.6 is 11.6 Å². The molecule has 0 radical (unpaired) electrons. The van der Waals surface area contributed by atoms with E-state index in [1.807, 2.05) is 12.1 Å². The highest BCUT2D eigenvalue weighted by Gasteiger charge is 2.45. The molecule has 1 aliphatic heterocycles. The zero-order valence-electron chi connectivity index (χ0n) is 10.6. The van der Waals surface area contributed by atoms with Crippen molar-refractivity contribution in [2.75, 3.05) is 6.54 Å². The number of hydrogen-bond acceptors (Lipinski definition) is 3. The number of benzene rings is 1. The molecular weight excluding hydrogens is 246 g/mol. The van der Waals surface area contributed by atoms with E-state index in [2.05, 4.69) is 28.9 Å². The third-order valence-corrected chi connectivity index (χ3v) is 4.07. The van der Waals surface area contributed by atoms with Crippen LogP contribution in [0.3, 0.4) is 0 Å². The average molecular weight is 264 g/mol. The Morgan fingerprint density at radius 1 is 1.39 bits per heavy atom. The Balaban J connectivity index is 1.80. The smallest absolute Gasteiger partial charge is 0.192 e. The van der Waals surface area contributed by atoms with E-state index in [0.29, 0.717) is 12.0 Å². The Kier molecular flexibility index (Phi) is 2.74. The molecule has 4 heteroatoms. The third-order valence-electron chi connectivity index (χ3n) is 3.82. The van der Waals surface area contributed by atoms with Gasteiger partial charge in [-0.15, -0.1) is 0 Å². The summed E-state index contributed by atoms with van der Waals surface area (Å²) in [5.41, 5.74) is 7.34. The second-order valence-corrected chi connectivity index (χ2v) is 6.01. The van der Waals surface area contributed by atoms with Gasteiger partial charge in [0.2, 0.25) is 0 Å². The normalized spacial score (nSPS) is 27.4. The van der Waals surface area contributed by atoms with E-state index in [0.717, 1.165) is 18.0 Å². The number of guanidine groups is 1. The molecule has 18 heavy (non-hydrogen) atoms. The predicted octanol–water partition coefficient (Wildman–Crippen LogP) is 2.43. The summed E-state index contributed by atoms with van der Waals surface area (Å²) < 4.78 is 0. The van der Waals surface area contributed by atoms with E-state index < -0.39 is 0 Å². The minimum absolute atomic E-state index is 0.0269. The molecule has 1 atom stereocenters. The second-order valence-electron chi connectivity index (χ2n) is 5.58. The maximum atomic E-state index is 6.03. The molecule has 3 rings (SSSR count). The molecule has 1 aromatic rings. The summed E-state index contributed by atoms with van der Waals surface area (Å²) in [7, 11) is 0. The fourth-order valence-corrected chi connectivity index (χ4v) is 2.95. The zero-order valence-corrected chi connectivity index (χ0v) is 11.3. The summed E-state index contributed by atoms with van der Waals surface area (Å²) in [6, 6.07) is 8.68. The molecular formula is C14H18ClN3. The summed E-state index contributed by atoms with van der Waals surface area (Å²) in [4.78, 5) is 6.76. The largest absolute Gasteiger partial charge is 0.370 e. The Bertz CT molecular complexity index is 478. The number of halogens is 1. The zero-order chi connectivity index (χ0) is 12.8. The van der Waals surface area contributed by atoms with Crippen molar-refractivity contribution in [2.24, 2.45) is 10.7 Å². The van der Waals surface area contributed by atoms with Crippen LogP contribution in [0, 0.1) is 0 Å². The maximum Gasteiger partial charge on any atom is 0.192 e. The fraction of sp³-hybridized carbons (Fsp3) is 0.500. The molecule has 1 heterocycles. The van der Waals surface area contributed by atoms with E-state index in [9.17, 15) is 0 Å². The molecule has 0 bridgehead atoms. The van der Waals surface area contributed by atoms with Crippen molar-refractivity contribution in [3.63, 3.8) is 0 Å². The Morgan fingerprint density at radius 3 is 2.67 bits per heavy atom. The van der Waals surface area contributed by atoms with Crippen LogP contribution in [0.25, 0.3) is 0 Å². The van der Waals surface area contributed by atoms with Crippen molar-refractivity contribution in [2.45, 2.75) is 37.8 Å². The molecule has 1 unspecified atom stereocenters. The summed E-state index contributed by atoms with van der Waals surface area (Å²) in [6.07, 6.45) is 3.45. The van der Waals surface area contributed by atoms with Crippen molar-refractivity contribution in [1.29, 1.82) is 0 Å². The third kappa shape index (κ3) is 2.07. The molecule has 3 nitrogen and oxygen atoms in total. The van der Waals surface area contributed by atoms with Gasteiger partial charge in [-0.2, -0.15) is 0 Å². The molecule has 2 N–H and O–H groups in total. The summed E-state index contributed by atoms with van der Waals surface area (Å²) >= 11 is 5.92. The van der Waals surface area contributed by atoms with Crippen LogP contribution in [0.4, 0.5) is 0 Å². The lowest BCUT2D eigenvalue weighted by Crippen LogP contribution is -2.52. The van der Waals surface area contributed by atoms with Gasteiger partial charge in [-0.05, 0) is 43.9 Å². The van der Waals surface area contributed by atoms with Crippen LogP contribution in [0.15, 0.2) is 29.3 Å². The van der Waals surface area contributed by atoms with Gasteiger partial charge in [0.15, 0.2) is 5.96 Å². The lowest BCUT2D eigenvalue weighted by Gasteiger charge is -2.36. The van der Waals surface area contributed by atoms with Crippen molar-refractivity contribution in [1.82, 2.24) is 4.90 Å². The van der Waals surface area contributed by atoms with Crippen LogP contribution in [0.1, 0.15) is 25.3 Å². The van der Waals surface area contributed by atoms with Gasteiger partial charge in [0.05, 0.1) is 12.1 Å². The molecule has 1 saturated carbocycles. The van der Waals surface area contributed by atoms with Gasteiger partial charge in [-0.1, -0.05) is 23.7 Å². The van der Waals surface area contributed by atoms with E-state index in [-0.39, 0.29) is 5.54 Å². The molecule has 0 amide bonds. The number of nitrogens with zero attached hydrogens (tertiary/aromatic N) is 2. The van der Waals surface area contributed by atoms with Gasteiger partial charge in [-0.25, -0.2) is 0 Å². The van der Waals surface area contributed by atoms with Crippen molar-refractivity contribution in [3.05, 3.63) is 34.9 Å². The lowest BCUT2D eigenvalue weighted by molar-refractivity contribution is 0.212. The van der Waals surface area contributed by atoms with Gasteiger partial charge < -0.3 is 10.6 Å². The van der Waals surface area contributed by atoms with Crippen molar-refractivity contribution >= 4 is 17.6 Å². The standard InChI is InChI=1S/C14H18ClN3/c1-14(8-10-2-4-11(15)5-3-10)9-17-13(16)18(14)12-6-7-12/h2-5,12H,6-9H2,1H3,(H2,16,17). The Labute approximate surface area is 113 Å². The van der Waals surface area contributed by atoms with Gasteiger partial charge in [0.25, 0.3) is 0 Å². The van der Waals surface area contributed by atoms with Gasteiger partial charge >= 0.3 is 0 Å². The van der Waals surface area contributed by atoms with Gasteiger partial charge in [0, 0.05) is 11.1 Å². The quantitative estimate of drug-likeness (QED) is 0.910. The minimum Gasteiger partial charge on any atom is -0.370 e. The molecule has 2 aliphatic rings. The van der Waals surface area contributed by atoms with E-state index >= 15 is 0 Å². The molecule has 1 aromatic carbocycles. The Hall–Kier alpha value is -1.22.